The van der Waals surface area contributed by atoms with Gasteiger partial charge in [0.25, 0.3) is 0 Å². The third-order valence-electron chi connectivity index (χ3n) is 2.35. The number of carbonyl (C=O) groups is 1. The van der Waals surface area contributed by atoms with Gasteiger partial charge in [-0.05, 0) is 32.6 Å². The van der Waals surface area contributed by atoms with Gasteiger partial charge in [-0.15, -0.1) is 0 Å². The monoisotopic (exact) mass is 221 g/mol. The Bertz CT molecular complexity index is 350. The Morgan fingerprint density at radius 2 is 2.00 bits per heavy atom. The van der Waals surface area contributed by atoms with E-state index < -0.39 is 0 Å². The highest BCUT2D eigenvalue weighted by Crippen LogP contribution is 2.27. The summed E-state index contributed by atoms with van der Waals surface area (Å²) >= 11 is 0. The number of para-hydroxylation sites is 1. The van der Waals surface area contributed by atoms with Crippen molar-refractivity contribution in [3.63, 3.8) is 0 Å². The molecule has 0 aromatic heterocycles. The summed E-state index contributed by atoms with van der Waals surface area (Å²) in [6.07, 6.45) is 1.48. The minimum absolute atomic E-state index is 0.0717. The molecule has 88 valence electrons. The second-order valence-electron chi connectivity index (χ2n) is 3.77. The molecule has 2 rings (SSSR count). The van der Waals surface area contributed by atoms with Gasteiger partial charge in [0.1, 0.15) is 11.9 Å². The summed E-state index contributed by atoms with van der Waals surface area (Å²) in [5, 5.41) is 2.75. The van der Waals surface area contributed by atoms with Gasteiger partial charge in [-0.3, -0.25) is 4.79 Å². The molecular formula is C13H19NO2. The van der Waals surface area contributed by atoms with E-state index in [0.717, 1.165) is 17.7 Å². The van der Waals surface area contributed by atoms with Gasteiger partial charge in [0, 0.05) is 6.42 Å². The molecule has 1 heterocycles. The molecule has 1 aromatic carbocycles. The zero-order valence-corrected chi connectivity index (χ0v) is 10.1. The number of hydrogen-bond donors (Lipinski definition) is 1. The Morgan fingerprint density at radius 1 is 1.38 bits per heavy atom. The third-order valence-corrected chi connectivity index (χ3v) is 2.35. The number of carbonyl (C=O) groups excluding carboxylic acids is 1. The van der Waals surface area contributed by atoms with E-state index in [9.17, 15) is 4.79 Å². The van der Waals surface area contributed by atoms with E-state index in [1.54, 1.807) is 0 Å². The van der Waals surface area contributed by atoms with Gasteiger partial charge in [-0.2, -0.15) is 0 Å². The maximum absolute atomic E-state index is 11.6. The molecule has 0 bridgehead atoms. The molecule has 0 amide bonds. The zero-order chi connectivity index (χ0) is 12.0. The van der Waals surface area contributed by atoms with E-state index in [1.807, 2.05) is 45.3 Å². The number of hydrogen-bond acceptors (Lipinski definition) is 3. The van der Waals surface area contributed by atoms with Crippen molar-refractivity contribution in [2.75, 3.05) is 14.1 Å². The van der Waals surface area contributed by atoms with Gasteiger partial charge in [-0.25, -0.2) is 0 Å². The first kappa shape index (κ1) is 12.7. The average molecular weight is 221 g/mol. The van der Waals surface area contributed by atoms with Crippen molar-refractivity contribution >= 4 is 5.78 Å². The molecule has 1 atom stereocenters. The smallest absolute Gasteiger partial charge is 0.170 e. The SMILES string of the molecule is CCC1CC(=O)c2ccccc2O1.CNC. The van der Waals surface area contributed by atoms with Crippen molar-refractivity contribution in [1.82, 2.24) is 5.32 Å². The lowest BCUT2D eigenvalue weighted by molar-refractivity contribution is 0.0845. The number of nitrogens with one attached hydrogen (secondary N) is 1. The summed E-state index contributed by atoms with van der Waals surface area (Å²) < 4.78 is 5.63. The number of rotatable bonds is 1. The second-order valence-corrected chi connectivity index (χ2v) is 3.77. The van der Waals surface area contributed by atoms with Crippen LogP contribution in [0.15, 0.2) is 24.3 Å². The van der Waals surface area contributed by atoms with Crippen LogP contribution >= 0.6 is 0 Å². The first-order valence-electron chi connectivity index (χ1n) is 5.60. The number of ketones is 1. The minimum atomic E-state index is 0.0717. The number of fused-ring (bicyclic) bond motifs is 1. The van der Waals surface area contributed by atoms with Crippen molar-refractivity contribution < 1.29 is 9.53 Å². The first-order valence-corrected chi connectivity index (χ1v) is 5.60. The van der Waals surface area contributed by atoms with Crippen LogP contribution in [0.3, 0.4) is 0 Å². The maximum Gasteiger partial charge on any atom is 0.170 e. The van der Waals surface area contributed by atoms with Crippen molar-refractivity contribution in [2.45, 2.75) is 25.9 Å². The van der Waals surface area contributed by atoms with E-state index in [4.69, 9.17) is 4.74 Å². The Labute approximate surface area is 96.8 Å². The standard InChI is InChI=1S/C11H12O2.C2H7N/c1-2-8-7-10(12)9-5-3-4-6-11(9)13-8;1-3-2/h3-6,8H,2,7H2,1H3;3H,1-2H3. The molecule has 1 aromatic rings. The van der Waals surface area contributed by atoms with Gasteiger partial charge >= 0.3 is 0 Å². The number of Topliss-reactive ketones (excluding diaryl/α,β-unsaturated/α-hetero) is 1. The molecule has 1 aliphatic heterocycles. The van der Waals surface area contributed by atoms with E-state index in [0.29, 0.717) is 6.42 Å². The molecule has 0 radical (unpaired) electrons. The summed E-state index contributed by atoms with van der Waals surface area (Å²) in [6.45, 7) is 2.03. The fourth-order valence-electron chi connectivity index (χ4n) is 1.57. The highest BCUT2D eigenvalue weighted by Gasteiger charge is 2.24. The Hall–Kier alpha value is -1.35. The molecule has 1 N–H and O–H groups in total. The third kappa shape index (κ3) is 3.07. The Morgan fingerprint density at radius 3 is 2.62 bits per heavy atom. The van der Waals surface area contributed by atoms with Crippen molar-refractivity contribution in [3.8, 4) is 5.75 Å². The van der Waals surface area contributed by atoms with Crippen LogP contribution in [0.25, 0.3) is 0 Å². The predicted molar refractivity (Wildman–Crippen MR) is 65.1 cm³/mol. The van der Waals surface area contributed by atoms with Crippen molar-refractivity contribution in [2.24, 2.45) is 0 Å². The molecule has 0 saturated carbocycles. The van der Waals surface area contributed by atoms with Crippen LogP contribution in [0.4, 0.5) is 0 Å². The summed E-state index contributed by atoms with van der Waals surface area (Å²) in [7, 11) is 3.75. The number of ether oxygens (including phenoxy) is 1. The van der Waals surface area contributed by atoms with Crippen LogP contribution in [-0.4, -0.2) is 26.0 Å². The summed E-state index contributed by atoms with van der Waals surface area (Å²) in [5.41, 5.74) is 0.729. The molecule has 3 nitrogen and oxygen atoms in total. The van der Waals surface area contributed by atoms with Crippen molar-refractivity contribution in [3.05, 3.63) is 29.8 Å². The Kier molecular flexibility index (Phi) is 4.99. The fourth-order valence-corrected chi connectivity index (χ4v) is 1.57. The van der Waals surface area contributed by atoms with Gasteiger partial charge < -0.3 is 10.1 Å². The van der Waals surface area contributed by atoms with Crippen LogP contribution in [0, 0.1) is 0 Å². The highest BCUT2D eigenvalue weighted by atomic mass is 16.5. The Balaban J connectivity index is 0.000000386. The molecular weight excluding hydrogens is 202 g/mol. The summed E-state index contributed by atoms with van der Waals surface area (Å²) in [5.74, 6) is 0.944. The van der Waals surface area contributed by atoms with Gasteiger partial charge in [0.2, 0.25) is 0 Å². The van der Waals surface area contributed by atoms with Gasteiger partial charge in [0.15, 0.2) is 5.78 Å². The zero-order valence-electron chi connectivity index (χ0n) is 10.1. The molecule has 0 fully saturated rings. The lowest BCUT2D eigenvalue weighted by Gasteiger charge is -2.23. The molecule has 1 unspecified atom stereocenters. The quantitative estimate of drug-likeness (QED) is 0.790. The lowest BCUT2D eigenvalue weighted by atomic mass is 10.00. The summed E-state index contributed by atoms with van der Waals surface area (Å²) in [6, 6.07) is 7.44. The van der Waals surface area contributed by atoms with Crippen LogP contribution in [0.1, 0.15) is 30.1 Å². The van der Waals surface area contributed by atoms with E-state index in [-0.39, 0.29) is 11.9 Å². The molecule has 3 heteroatoms. The highest BCUT2D eigenvalue weighted by molar-refractivity contribution is 5.99. The topological polar surface area (TPSA) is 38.3 Å². The first-order chi connectivity index (χ1) is 7.72. The lowest BCUT2D eigenvalue weighted by Crippen LogP contribution is -2.25. The van der Waals surface area contributed by atoms with E-state index in [2.05, 4.69) is 5.32 Å². The molecule has 0 spiro atoms. The molecule has 0 aliphatic carbocycles. The van der Waals surface area contributed by atoms with Crippen LogP contribution in [0.2, 0.25) is 0 Å². The second kappa shape index (κ2) is 6.28. The minimum Gasteiger partial charge on any atom is -0.489 e. The average Bonchev–Trinajstić information content (AvgIpc) is 2.30. The van der Waals surface area contributed by atoms with Crippen LogP contribution < -0.4 is 10.1 Å². The van der Waals surface area contributed by atoms with Gasteiger partial charge in [0.05, 0.1) is 5.56 Å². The van der Waals surface area contributed by atoms with E-state index >= 15 is 0 Å². The fraction of sp³-hybridized carbons (Fsp3) is 0.462. The maximum atomic E-state index is 11.6. The van der Waals surface area contributed by atoms with Crippen LogP contribution in [-0.2, 0) is 0 Å². The van der Waals surface area contributed by atoms with Crippen molar-refractivity contribution in [1.29, 1.82) is 0 Å². The predicted octanol–water partition coefficient (Wildman–Crippen LogP) is 2.27. The normalized spacial score (nSPS) is 17.9. The summed E-state index contributed by atoms with van der Waals surface area (Å²) in [4.78, 5) is 11.6. The largest absolute Gasteiger partial charge is 0.489 e. The molecule has 16 heavy (non-hydrogen) atoms. The number of benzene rings is 1. The molecule has 1 aliphatic rings. The van der Waals surface area contributed by atoms with Crippen LogP contribution in [0.5, 0.6) is 5.75 Å². The van der Waals surface area contributed by atoms with Gasteiger partial charge in [-0.1, -0.05) is 19.1 Å². The molecule has 0 saturated heterocycles. The van der Waals surface area contributed by atoms with E-state index in [1.165, 1.54) is 0 Å².